The summed E-state index contributed by atoms with van der Waals surface area (Å²) in [4.78, 5) is 25.6. The second kappa shape index (κ2) is 16.2. The highest BCUT2D eigenvalue weighted by Crippen LogP contribution is 2.16. The molecule has 0 aliphatic carbocycles. The summed E-state index contributed by atoms with van der Waals surface area (Å²) < 4.78 is 48.6. The lowest BCUT2D eigenvalue weighted by Crippen LogP contribution is -2.38. The van der Waals surface area contributed by atoms with Gasteiger partial charge in [0.2, 0.25) is 0 Å². The Morgan fingerprint density at radius 1 is 0.875 bits per heavy atom. The number of carbonyl (C=O) groups is 2. The maximum atomic E-state index is 13.5. The molecule has 1 amide bonds. The number of nitrogens with zero attached hydrogens (tertiary/aromatic N) is 1. The second-order valence-electron chi connectivity index (χ2n) is 8.82. The van der Waals surface area contributed by atoms with E-state index in [-0.39, 0.29) is 31.1 Å². The van der Waals surface area contributed by atoms with Gasteiger partial charge >= 0.3 is 12.1 Å². The van der Waals surface area contributed by atoms with E-state index < -0.39 is 24.0 Å². The molecule has 3 rings (SSSR count). The number of benzene rings is 3. The van der Waals surface area contributed by atoms with Crippen LogP contribution in [0.2, 0.25) is 0 Å². The summed E-state index contributed by atoms with van der Waals surface area (Å²) >= 11 is 0. The lowest BCUT2D eigenvalue weighted by Gasteiger charge is -2.22. The molecule has 3 aromatic carbocycles. The van der Waals surface area contributed by atoms with Crippen LogP contribution in [0, 0.1) is 11.6 Å². The van der Waals surface area contributed by atoms with Crippen molar-refractivity contribution in [1.82, 2.24) is 4.90 Å². The quantitative estimate of drug-likeness (QED) is 0.233. The fraction of sp³-hybridized carbons (Fsp3) is 0.333. The number of rotatable bonds is 16. The van der Waals surface area contributed by atoms with Crippen LogP contribution >= 0.6 is 0 Å². The fourth-order valence-electron chi connectivity index (χ4n) is 3.75. The van der Waals surface area contributed by atoms with E-state index in [4.69, 9.17) is 18.9 Å². The summed E-state index contributed by atoms with van der Waals surface area (Å²) in [6.45, 7) is 3.35. The average Bonchev–Trinajstić information content (AvgIpc) is 2.93. The third-order valence-electron chi connectivity index (χ3n) is 5.78. The number of aliphatic carboxylic acids is 1. The summed E-state index contributed by atoms with van der Waals surface area (Å²) in [5, 5.41) is 9.26. The lowest BCUT2D eigenvalue weighted by molar-refractivity contribution is -0.149. The summed E-state index contributed by atoms with van der Waals surface area (Å²) in [6.07, 6.45) is -0.849. The Bertz CT molecular complexity index is 1210. The van der Waals surface area contributed by atoms with Crippen molar-refractivity contribution in [3.8, 4) is 11.5 Å². The van der Waals surface area contributed by atoms with Gasteiger partial charge in [0.05, 0.1) is 13.2 Å². The van der Waals surface area contributed by atoms with Gasteiger partial charge in [0.25, 0.3) is 0 Å². The van der Waals surface area contributed by atoms with Gasteiger partial charge < -0.3 is 29.0 Å². The minimum Gasteiger partial charge on any atom is -0.492 e. The van der Waals surface area contributed by atoms with Crippen molar-refractivity contribution >= 4 is 12.1 Å². The first kappa shape index (κ1) is 30.5. The number of carboxylic acid groups (broad SMARTS) is 1. The molecular formula is C30H33F2NO7. The molecule has 8 nitrogen and oxygen atoms in total. The highest BCUT2D eigenvalue weighted by molar-refractivity contribution is 5.72. The third kappa shape index (κ3) is 10.6. The molecule has 0 aliphatic heterocycles. The molecule has 0 heterocycles. The molecule has 10 heteroatoms. The van der Waals surface area contributed by atoms with E-state index in [1.54, 1.807) is 43.3 Å². The molecule has 0 aromatic heterocycles. The summed E-state index contributed by atoms with van der Waals surface area (Å²) in [5.74, 6) is -1.22. The molecule has 0 bridgehead atoms. The first-order valence-corrected chi connectivity index (χ1v) is 12.9. The van der Waals surface area contributed by atoms with E-state index in [9.17, 15) is 23.5 Å². The Labute approximate surface area is 232 Å². The summed E-state index contributed by atoms with van der Waals surface area (Å²) in [7, 11) is 0. The van der Waals surface area contributed by atoms with E-state index in [2.05, 4.69) is 0 Å². The van der Waals surface area contributed by atoms with Crippen molar-refractivity contribution in [1.29, 1.82) is 0 Å². The maximum Gasteiger partial charge on any atom is 0.415 e. The number of ether oxygens (including phenoxy) is 4. The molecule has 0 saturated heterocycles. The van der Waals surface area contributed by atoms with Gasteiger partial charge in [0.1, 0.15) is 29.7 Å². The zero-order valence-corrected chi connectivity index (χ0v) is 22.3. The Morgan fingerprint density at radius 3 is 2.27 bits per heavy atom. The highest BCUT2D eigenvalue weighted by Gasteiger charge is 2.18. The van der Waals surface area contributed by atoms with Crippen molar-refractivity contribution in [3.63, 3.8) is 0 Å². The Kier molecular flexibility index (Phi) is 12.3. The van der Waals surface area contributed by atoms with Gasteiger partial charge in [0, 0.05) is 32.2 Å². The Morgan fingerprint density at radius 2 is 1.60 bits per heavy atom. The largest absolute Gasteiger partial charge is 0.492 e. The van der Waals surface area contributed by atoms with E-state index >= 15 is 0 Å². The van der Waals surface area contributed by atoms with Crippen LogP contribution in [0.15, 0.2) is 72.8 Å². The van der Waals surface area contributed by atoms with E-state index in [0.29, 0.717) is 38.5 Å². The number of carbonyl (C=O) groups excluding carboxylic acids is 1. The first-order chi connectivity index (χ1) is 19.3. The van der Waals surface area contributed by atoms with Gasteiger partial charge in [0.15, 0.2) is 6.10 Å². The minimum absolute atomic E-state index is 0.0887. The topological polar surface area (TPSA) is 94.5 Å². The number of amides is 1. The number of halogens is 2. The van der Waals surface area contributed by atoms with Gasteiger partial charge in [-0.3, -0.25) is 0 Å². The molecule has 40 heavy (non-hydrogen) atoms. The first-order valence-electron chi connectivity index (χ1n) is 12.9. The van der Waals surface area contributed by atoms with Crippen molar-refractivity contribution in [3.05, 3.63) is 95.6 Å². The zero-order valence-electron chi connectivity index (χ0n) is 22.3. The van der Waals surface area contributed by atoms with E-state index in [1.165, 1.54) is 35.2 Å². The van der Waals surface area contributed by atoms with Gasteiger partial charge in [-0.05, 0) is 60.9 Å². The Balaban J connectivity index is 1.51. The lowest BCUT2D eigenvalue weighted by atomic mass is 10.1. The van der Waals surface area contributed by atoms with Crippen molar-refractivity contribution in [2.45, 2.75) is 32.5 Å². The van der Waals surface area contributed by atoms with Gasteiger partial charge in [-0.1, -0.05) is 30.3 Å². The number of hydrogen-bond donors (Lipinski definition) is 1. The summed E-state index contributed by atoms with van der Waals surface area (Å²) in [6, 6.07) is 18.3. The highest BCUT2D eigenvalue weighted by atomic mass is 19.1. The second-order valence-corrected chi connectivity index (χ2v) is 8.82. The molecule has 1 unspecified atom stereocenters. The normalized spacial score (nSPS) is 11.6. The molecular weight excluding hydrogens is 524 g/mol. The van der Waals surface area contributed by atoms with E-state index in [1.807, 2.05) is 0 Å². The minimum atomic E-state index is -1.02. The van der Waals surface area contributed by atoms with Crippen LogP contribution in [0.4, 0.5) is 13.6 Å². The molecule has 1 atom stereocenters. The van der Waals surface area contributed by atoms with Crippen molar-refractivity contribution in [2.75, 3.05) is 32.9 Å². The number of hydrogen-bond acceptors (Lipinski definition) is 6. The van der Waals surface area contributed by atoms with Gasteiger partial charge in [-0.15, -0.1) is 0 Å². The SMILES string of the molecule is CCOC(Cc1ccc(OCCN(CCCOCc2ccc(F)cc2)C(=O)Oc2cccc(F)c2)cc1)C(=O)O. The Hall–Kier alpha value is -4.02. The molecule has 0 fully saturated rings. The predicted molar refractivity (Wildman–Crippen MR) is 143 cm³/mol. The molecule has 0 saturated carbocycles. The van der Waals surface area contributed by atoms with Crippen molar-refractivity contribution < 1.29 is 42.4 Å². The van der Waals surface area contributed by atoms with Gasteiger partial charge in [-0.2, -0.15) is 0 Å². The molecule has 214 valence electrons. The van der Waals surface area contributed by atoms with Crippen LogP contribution < -0.4 is 9.47 Å². The monoisotopic (exact) mass is 557 g/mol. The molecule has 0 aliphatic rings. The molecule has 1 N–H and O–H groups in total. The van der Waals surface area contributed by atoms with Crippen LogP contribution in [0.25, 0.3) is 0 Å². The van der Waals surface area contributed by atoms with Crippen LogP contribution in [0.1, 0.15) is 24.5 Å². The average molecular weight is 558 g/mol. The predicted octanol–water partition coefficient (Wildman–Crippen LogP) is 5.48. The zero-order chi connectivity index (χ0) is 28.7. The van der Waals surface area contributed by atoms with Crippen molar-refractivity contribution in [2.24, 2.45) is 0 Å². The summed E-state index contributed by atoms with van der Waals surface area (Å²) in [5.41, 5.74) is 1.62. The molecule has 3 aromatic rings. The van der Waals surface area contributed by atoms with Crippen LogP contribution in [-0.2, 0) is 27.3 Å². The maximum absolute atomic E-state index is 13.5. The van der Waals surface area contributed by atoms with Crippen LogP contribution in [0.3, 0.4) is 0 Å². The number of carboxylic acids is 1. The van der Waals surface area contributed by atoms with E-state index in [0.717, 1.165) is 17.2 Å². The van der Waals surface area contributed by atoms with Crippen LogP contribution in [0.5, 0.6) is 11.5 Å². The smallest absolute Gasteiger partial charge is 0.415 e. The third-order valence-corrected chi connectivity index (χ3v) is 5.78. The van der Waals surface area contributed by atoms with Gasteiger partial charge in [-0.25, -0.2) is 18.4 Å². The molecule has 0 radical (unpaired) electrons. The standard InChI is InChI=1S/C30H33F2NO7/c1-2-38-28(29(34)35)19-22-9-13-26(14-10-22)39-18-16-33(30(36)40-27-6-3-5-25(32)20-27)15-4-17-37-21-23-7-11-24(31)12-8-23/h3,5-14,20,28H,2,4,15-19,21H2,1H3,(H,34,35). The fourth-order valence-corrected chi connectivity index (χ4v) is 3.75. The molecule has 0 spiro atoms. The van der Waals surface area contributed by atoms with Crippen LogP contribution in [-0.4, -0.2) is 61.1 Å².